The summed E-state index contributed by atoms with van der Waals surface area (Å²) in [5, 5.41) is 0. The fourth-order valence-corrected chi connectivity index (χ4v) is 2.26. The first-order chi connectivity index (χ1) is 6.27. The molecule has 1 rings (SSSR count). The van der Waals surface area contributed by atoms with Crippen molar-refractivity contribution in [3.8, 4) is 0 Å². The maximum Gasteiger partial charge on any atom is 0.308 e. The van der Waals surface area contributed by atoms with Gasteiger partial charge in [-0.05, 0) is 31.6 Å². The maximum atomic E-state index is 11.2. The lowest BCUT2D eigenvalue weighted by Gasteiger charge is -2.26. The van der Waals surface area contributed by atoms with Crippen molar-refractivity contribution in [2.24, 2.45) is 11.8 Å². The summed E-state index contributed by atoms with van der Waals surface area (Å²) < 4.78 is 4.75. The van der Waals surface area contributed by atoms with Gasteiger partial charge in [0, 0.05) is 0 Å². The van der Waals surface area contributed by atoms with Gasteiger partial charge in [-0.25, -0.2) is 0 Å². The number of esters is 1. The van der Waals surface area contributed by atoms with Gasteiger partial charge in [0.05, 0.1) is 13.0 Å². The maximum absolute atomic E-state index is 11.2. The second kappa shape index (κ2) is 5.25. The molecule has 1 aliphatic rings. The highest BCUT2D eigenvalue weighted by atomic mass is 16.5. The fraction of sp³-hybridized carbons (Fsp3) is 0.909. The number of carbonyl (C=O) groups excluding carboxylic acids is 1. The van der Waals surface area contributed by atoms with Crippen LogP contribution in [0.5, 0.6) is 0 Å². The van der Waals surface area contributed by atoms with Gasteiger partial charge < -0.3 is 4.74 Å². The molecule has 0 spiro atoms. The Labute approximate surface area is 80.7 Å². The number of carbonyl (C=O) groups is 1. The van der Waals surface area contributed by atoms with Crippen molar-refractivity contribution >= 4 is 5.97 Å². The Kier molecular flexibility index (Phi) is 4.26. The molecule has 0 unspecified atom stereocenters. The van der Waals surface area contributed by atoms with Gasteiger partial charge >= 0.3 is 5.97 Å². The molecule has 1 saturated carbocycles. The van der Waals surface area contributed by atoms with Gasteiger partial charge in [0.2, 0.25) is 0 Å². The molecule has 2 nitrogen and oxygen atoms in total. The summed E-state index contributed by atoms with van der Waals surface area (Å²) in [6.07, 6.45) is 7.11. The lowest BCUT2D eigenvalue weighted by atomic mass is 9.80. The van der Waals surface area contributed by atoms with Gasteiger partial charge in [-0.1, -0.05) is 19.8 Å². The summed E-state index contributed by atoms with van der Waals surface area (Å²) in [6.45, 7) is 2.23. The number of hydrogen-bond acceptors (Lipinski definition) is 2. The molecule has 0 bridgehead atoms. The summed E-state index contributed by atoms with van der Waals surface area (Å²) >= 11 is 0. The van der Waals surface area contributed by atoms with Gasteiger partial charge in [-0.15, -0.1) is 0 Å². The minimum atomic E-state index is -0.00468. The highest BCUT2D eigenvalue weighted by Crippen LogP contribution is 2.31. The Hall–Kier alpha value is -0.530. The van der Waals surface area contributed by atoms with Gasteiger partial charge in [0.15, 0.2) is 0 Å². The quantitative estimate of drug-likeness (QED) is 0.630. The van der Waals surface area contributed by atoms with E-state index in [0.29, 0.717) is 0 Å². The van der Waals surface area contributed by atoms with Crippen LogP contribution in [0.3, 0.4) is 0 Å². The van der Waals surface area contributed by atoms with E-state index in [1.165, 1.54) is 32.8 Å². The van der Waals surface area contributed by atoms with Gasteiger partial charge in [0.1, 0.15) is 0 Å². The van der Waals surface area contributed by atoms with Gasteiger partial charge in [0.25, 0.3) is 0 Å². The lowest BCUT2D eigenvalue weighted by molar-refractivity contribution is -0.146. The van der Waals surface area contributed by atoms with E-state index in [0.717, 1.165) is 18.8 Å². The molecule has 0 aromatic carbocycles. The van der Waals surface area contributed by atoms with Crippen LogP contribution < -0.4 is 0 Å². The van der Waals surface area contributed by atoms with E-state index in [-0.39, 0.29) is 11.9 Å². The smallest absolute Gasteiger partial charge is 0.308 e. The molecule has 0 amide bonds. The second-order valence-corrected chi connectivity index (χ2v) is 4.03. The van der Waals surface area contributed by atoms with Crippen molar-refractivity contribution in [3.63, 3.8) is 0 Å². The molecule has 76 valence electrons. The molecule has 0 heterocycles. The molecule has 0 radical (unpaired) electrons. The molecular weight excluding hydrogens is 164 g/mol. The van der Waals surface area contributed by atoms with Crippen LogP contribution >= 0.6 is 0 Å². The number of rotatable bonds is 3. The first kappa shape index (κ1) is 10.6. The standard InChI is InChI=1S/C11H20O2/c1-3-4-9-5-7-10(8-6-9)11(12)13-2/h9-10H,3-8H2,1-2H3. The summed E-state index contributed by atoms with van der Waals surface area (Å²) in [5.74, 6) is 1.05. The molecule has 0 atom stereocenters. The van der Waals surface area contributed by atoms with E-state index < -0.39 is 0 Å². The minimum absolute atomic E-state index is 0.00468. The van der Waals surface area contributed by atoms with Crippen molar-refractivity contribution < 1.29 is 9.53 Å². The van der Waals surface area contributed by atoms with Crippen molar-refractivity contribution in [1.82, 2.24) is 0 Å². The SMILES string of the molecule is CCCC1CCC(C(=O)OC)CC1. The molecule has 0 aromatic heterocycles. The number of methoxy groups -OCH3 is 1. The van der Waals surface area contributed by atoms with Crippen LogP contribution in [0.2, 0.25) is 0 Å². The van der Waals surface area contributed by atoms with Crippen molar-refractivity contribution in [2.45, 2.75) is 45.4 Å². The molecular formula is C11H20O2. The topological polar surface area (TPSA) is 26.3 Å². The molecule has 0 saturated heterocycles. The van der Waals surface area contributed by atoms with Crippen LogP contribution in [-0.4, -0.2) is 13.1 Å². The third-order valence-electron chi connectivity index (χ3n) is 3.08. The van der Waals surface area contributed by atoms with E-state index >= 15 is 0 Å². The Balaban J connectivity index is 2.26. The first-order valence-corrected chi connectivity index (χ1v) is 5.35. The third kappa shape index (κ3) is 3.02. The van der Waals surface area contributed by atoms with Crippen LogP contribution in [-0.2, 0) is 9.53 Å². The van der Waals surface area contributed by atoms with Gasteiger partial charge in [-0.2, -0.15) is 0 Å². The second-order valence-electron chi connectivity index (χ2n) is 4.03. The molecule has 0 aliphatic heterocycles. The zero-order valence-electron chi connectivity index (χ0n) is 8.71. The average Bonchev–Trinajstić information content (AvgIpc) is 2.18. The minimum Gasteiger partial charge on any atom is -0.469 e. The Morgan fingerprint density at radius 2 is 1.92 bits per heavy atom. The van der Waals surface area contributed by atoms with Crippen molar-refractivity contribution in [1.29, 1.82) is 0 Å². The van der Waals surface area contributed by atoms with Crippen molar-refractivity contribution in [3.05, 3.63) is 0 Å². The van der Waals surface area contributed by atoms with E-state index in [1.54, 1.807) is 0 Å². The van der Waals surface area contributed by atoms with Gasteiger partial charge in [-0.3, -0.25) is 4.79 Å². The molecule has 1 aliphatic carbocycles. The Morgan fingerprint density at radius 1 is 1.31 bits per heavy atom. The highest BCUT2D eigenvalue weighted by Gasteiger charge is 2.26. The zero-order chi connectivity index (χ0) is 9.68. The lowest BCUT2D eigenvalue weighted by Crippen LogP contribution is -2.22. The van der Waals surface area contributed by atoms with Crippen LogP contribution in [0.1, 0.15) is 45.4 Å². The van der Waals surface area contributed by atoms with Crippen LogP contribution in [0.4, 0.5) is 0 Å². The Bertz CT molecular complexity index is 157. The van der Waals surface area contributed by atoms with E-state index in [2.05, 4.69) is 6.92 Å². The largest absolute Gasteiger partial charge is 0.469 e. The summed E-state index contributed by atoms with van der Waals surface area (Å²) in [5.41, 5.74) is 0. The molecule has 0 aromatic rings. The van der Waals surface area contributed by atoms with E-state index in [9.17, 15) is 4.79 Å². The Morgan fingerprint density at radius 3 is 2.38 bits per heavy atom. The van der Waals surface area contributed by atoms with Crippen molar-refractivity contribution in [2.75, 3.05) is 7.11 Å². The fourth-order valence-electron chi connectivity index (χ4n) is 2.26. The third-order valence-corrected chi connectivity index (χ3v) is 3.08. The number of hydrogen-bond donors (Lipinski definition) is 0. The molecule has 2 heteroatoms. The molecule has 1 fully saturated rings. The summed E-state index contributed by atoms with van der Waals surface area (Å²) in [4.78, 5) is 11.2. The predicted molar refractivity (Wildman–Crippen MR) is 52.4 cm³/mol. The van der Waals surface area contributed by atoms with E-state index in [4.69, 9.17) is 4.74 Å². The highest BCUT2D eigenvalue weighted by molar-refractivity contribution is 5.72. The molecule has 0 N–H and O–H groups in total. The predicted octanol–water partition coefficient (Wildman–Crippen LogP) is 2.77. The summed E-state index contributed by atoms with van der Waals surface area (Å²) in [6, 6.07) is 0. The van der Waals surface area contributed by atoms with Crippen LogP contribution in [0.25, 0.3) is 0 Å². The van der Waals surface area contributed by atoms with Crippen LogP contribution in [0.15, 0.2) is 0 Å². The summed E-state index contributed by atoms with van der Waals surface area (Å²) in [7, 11) is 1.49. The normalized spacial score (nSPS) is 28.5. The first-order valence-electron chi connectivity index (χ1n) is 5.35. The van der Waals surface area contributed by atoms with Crippen LogP contribution in [0, 0.1) is 11.8 Å². The average molecular weight is 184 g/mol. The number of ether oxygens (including phenoxy) is 1. The molecule has 13 heavy (non-hydrogen) atoms. The zero-order valence-corrected chi connectivity index (χ0v) is 8.71. The van der Waals surface area contributed by atoms with E-state index in [1.807, 2.05) is 0 Å². The monoisotopic (exact) mass is 184 g/mol.